The number of hydrogen-bond acceptors (Lipinski definition) is 0. The third-order valence-corrected chi connectivity index (χ3v) is 12.1. The van der Waals surface area contributed by atoms with E-state index in [1.807, 2.05) is 0 Å². The maximum atomic E-state index is 2.41. The molecule has 0 aromatic rings. The van der Waals surface area contributed by atoms with Gasteiger partial charge in [0.15, 0.2) is 0 Å². The van der Waals surface area contributed by atoms with Crippen LogP contribution in [0.3, 0.4) is 0 Å². The SMILES string of the molecule is CCCCC[CH2][Zn]([CH2]C)[CH2]C. The summed E-state index contributed by atoms with van der Waals surface area (Å²) in [5, 5.41) is 4.85. The van der Waals surface area contributed by atoms with Gasteiger partial charge in [-0.1, -0.05) is 0 Å². The van der Waals surface area contributed by atoms with Crippen LogP contribution >= 0.6 is 0 Å². The number of rotatable bonds is 7. The second-order valence-electron chi connectivity index (χ2n) is 3.97. The first kappa shape index (κ1) is 11.6. The Morgan fingerprint density at radius 2 is 1.45 bits per heavy atom. The van der Waals surface area contributed by atoms with Crippen molar-refractivity contribution in [3.8, 4) is 0 Å². The zero-order valence-electron chi connectivity index (χ0n) is 8.66. The van der Waals surface area contributed by atoms with Crippen LogP contribution in [-0.2, 0) is 16.0 Å². The molecule has 0 aromatic heterocycles. The van der Waals surface area contributed by atoms with Crippen molar-refractivity contribution in [3.05, 3.63) is 0 Å². The summed E-state index contributed by atoms with van der Waals surface area (Å²) in [7, 11) is 0. The topological polar surface area (TPSA) is 0 Å². The summed E-state index contributed by atoms with van der Waals surface area (Å²) in [4.78, 5) is 0. The fourth-order valence-electron chi connectivity index (χ4n) is 1.81. The molecule has 0 amide bonds. The van der Waals surface area contributed by atoms with E-state index in [1.54, 1.807) is 21.5 Å². The van der Waals surface area contributed by atoms with Gasteiger partial charge in [-0.05, 0) is 0 Å². The predicted octanol–water partition coefficient (Wildman–Crippen LogP) is 4.48. The Balaban J connectivity index is 3.07. The van der Waals surface area contributed by atoms with E-state index in [0.29, 0.717) is 0 Å². The maximum absolute atomic E-state index is 2.41. The first-order chi connectivity index (χ1) is 5.35. The van der Waals surface area contributed by atoms with Gasteiger partial charge in [0, 0.05) is 0 Å². The monoisotopic (exact) mass is 207 g/mol. The van der Waals surface area contributed by atoms with E-state index in [0.717, 1.165) is 0 Å². The third kappa shape index (κ3) is 7.00. The number of hydrogen-bond donors (Lipinski definition) is 0. The Bertz CT molecular complexity index is 67.3. The van der Waals surface area contributed by atoms with Crippen molar-refractivity contribution in [2.45, 2.75) is 61.5 Å². The van der Waals surface area contributed by atoms with Gasteiger partial charge >= 0.3 is 77.5 Å². The third-order valence-electron chi connectivity index (χ3n) is 3.02. The molecule has 0 spiro atoms. The summed E-state index contributed by atoms with van der Waals surface area (Å²) in [5.74, 6) is 0. The van der Waals surface area contributed by atoms with E-state index in [9.17, 15) is 0 Å². The van der Waals surface area contributed by atoms with Crippen molar-refractivity contribution in [3.63, 3.8) is 0 Å². The van der Waals surface area contributed by atoms with Crippen LogP contribution in [0.25, 0.3) is 0 Å². The summed E-state index contributed by atoms with van der Waals surface area (Å²) < 4.78 is 0. The predicted molar refractivity (Wildman–Crippen MR) is 49.9 cm³/mol. The molecule has 0 saturated heterocycles. The van der Waals surface area contributed by atoms with Crippen LogP contribution in [0.4, 0.5) is 0 Å². The molecule has 0 rings (SSSR count). The first-order valence-corrected chi connectivity index (χ1v) is 11.9. The Kier molecular flexibility index (Phi) is 9.21. The zero-order chi connectivity index (χ0) is 8.53. The minimum absolute atomic E-state index is 0.855. The van der Waals surface area contributed by atoms with Crippen LogP contribution in [0.5, 0.6) is 0 Å². The summed E-state index contributed by atoms with van der Waals surface area (Å²) in [6, 6.07) is 0. The zero-order valence-corrected chi connectivity index (χ0v) is 11.6. The van der Waals surface area contributed by atoms with Gasteiger partial charge in [0.05, 0.1) is 0 Å². The Hall–Kier alpha value is 0.623. The first-order valence-electron chi connectivity index (χ1n) is 5.62. The average Bonchev–Trinajstić information content (AvgIpc) is 2.05. The van der Waals surface area contributed by atoms with Crippen LogP contribution in [0, 0.1) is 0 Å². The van der Waals surface area contributed by atoms with Crippen molar-refractivity contribution in [2.75, 3.05) is 0 Å². The van der Waals surface area contributed by atoms with E-state index >= 15 is 0 Å². The minimum atomic E-state index is -0.855. The molecule has 0 bridgehead atoms. The molecule has 0 fully saturated rings. The van der Waals surface area contributed by atoms with Gasteiger partial charge < -0.3 is 0 Å². The molecule has 0 heterocycles. The van der Waals surface area contributed by atoms with Crippen molar-refractivity contribution in [1.82, 2.24) is 0 Å². The molecule has 0 aromatic carbocycles. The standard InChI is InChI=1S/C6H13.2C2H5.Zn/c1-3-5-6-4-2;2*1-2;/h1,3-6H2,2H3;2*1H2,2H3;. The molecule has 0 aliphatic heterocycles. The van der Waals surface area contributed by atoms with E-state index in [-0.39, 0.29) is 0 Å². The average molecular weight is 209 g/mol. The van der Waals surface area contributed by atoms with Gasteiger partial charge in [-0.2, -0.15) is 0 Å². The van der Waals surface area contributed by atoms with Crippen LogP contribution < -0.4 is 0 Å². The van der Waals surface area contributed by atoms with Gasteiger partial charge in [-0.15, -0.1) is 0 Å². The molecule has 65 valence electrons. The molecule has 0 N–H and O–H groups in total. The Morgan fingerprint density at radius 1 is 0.818 bits per heavy atom. The Morgan fingerprint density at radius 3 is 1.91 bits per heavy atom. The molecular weight excluding hydrogens is 185 g/mol. The molecule has 0 radical (unpaired) electrons. The van der Waals surface area contributed by atoms with Crippen LogP contribution in [0.15, 0.2) is 0 Å². The summed E-state index contributed by atoms with van der Waals surface area (Å²) >= 11 is -0.855. The van der Waals surface area contributed by atoms with Crippen molar-refractivity contribution >= 4 is 0 Å². The van der Waals surface area contributed by atoms with Crippen molar-refractivity contribution in [1.29, 1.82) is 0 Å². The van der Waals surface area contributed by atoms with Gasteiger partial charge in [0.2, 0.25) is 0 Å². The van der Waals surface area contributed by atoms with E-state index in [4.69, 9.17) is 0 Å². The van der Waals surface area contributed by atoms with Gasteiger partial charge in [0.25, 0.3) is 0 Å². The van der Waals surface area contributed by atoms with Crippen LogP contribution in [0.1, 0.15) is 46.5 Å². The van der Waals surface area contributed by atoms with Crippen molar-refractivity contribution in [2.24, 2.45) is 0 Å². The second kappa shape index (κ2) is 8.72. The molecule has 0 nitrogen and oxygen atoms in total. The normalized spacial score (nSPS) is 10.1. The van der Waals surface area contributed by atoms with Crippen molar-refractivity contribution < 1.29 is 16.0 Å². The molecule has 0 atom stereocenters. The van der Waals surface area contributed by atoms with E-state index in [1.165, 1.54) is 19.3 Å². The van der Waals surface area contributed by atoms with Gasteiger partial charge in [-0.25, -0.2) is 0 Å². The molecule has 0 aliphatic carbocycles. The fourth-order valence-corrected chi connectivity index (χ4v) is 7.62. The molecular formula is C10H23Zn. The Labute approximate surface area is 77.7 Å². The number of unbranched alkanes of at least 4 members (excludes halogenated alkanes) is 3. The molecule has 0 aliphatic rings. The second-order valence-corrected chi connectivity index (χ2v) is 14.1. The van der Waals surface area contributed by atoms with Gasteiger partial charge in [-0.3, -0.25) is 0 Å². The summed E-state index contributed by atoms with van der Waals surface area (Å²) in [6.45, 7) is 7.10. The van der Waals surface area contributed by atoms with Crippen LogP contribution in [0.2, 0.25) is 15.0 Å². The molecule has 1 heteroatoms. The van der Waals surface area contributed by atoms with E-state index < -0.39 is 16.0 Å². The van der Waals surface area contributed by atoms with Crippen LogP contribution in [-0.4, -0.2) is 0 Å². The molecule has 0 saturated carbocycles. The molecule has 0 unspecified atom stereocenters. The quantitative estimate of drug-likeness (QED) is 0.428. The summed E-state index contributed by atoms with van der Waals surface area (Å²) in [5.41, 5.74) is 0. The molecule has 11 heavy (non-hydrogen) atoms. The fraction of sp³-hybridized carbons (Fsp3) is 1.00. The summed E-state index contributed by atoms with van der Waals surface area (Å²) in [6.07, 6.45) is 5.91. The van der Waals surface area contributed by atoms with E-state index in [2.05, 4.69) is 20.8 Å². The van der Waals surface area contributed by atoms with Gasteiger partial charge in [0.1, 0.15) is 0 Å².